The first-order valence-corrected chi connectivity index (χ1v) is 5.62. The Hall–Kier alpha value is -0.970. The molecule has 0 heterocycles. The van der Waals surface area contributed by atoms with Crippen LogP contribution in [0.5, 0.6) is 0 Å². The van der Waals surface area contributed by atoms with Crippen LogP contribution in [0.2, 0.25) is 0 Å². The van der Waals surface area contributed by atoms with Crippen LogP contribution in [0.1, 0.15) is 38.5 Å². The summed E-state index contributed by atoms with van der Waals surface area (Å²) in [6.07, 6.45) is 7.86. The van der Waals surface area contributed by atoms with Crippen molar-refractivity contribution >= 4 is 24.3 Å². The molecule has 1 aliphatic rings. The average Bonchev–Trinajstić information content (AvgIpc) is 2.18. The van der Waals surface area contributed by atoms with E-state index in [1.54, 1.807) is 0 Å². The summed E-state index contributed by atoms with van der Waals surface area (Å²) in [5.74, 6) is 0.750. The number of nitrogens with two attached hydrogens (primary N) is 1. The van der Waals surface area contributed by atoms with Crippen molar-refractivity contribution in [2.45, 2.75) is 38.5 Å². The molecule has 94 valence electrons. The van der Waals surface area contributed by atoms with Crippen LogP contribution in [0.3, 0.4) is 0 Å². The molecule has 1 rings (SSSR count). The van der Waals surface area contributed by atoms with E-state index < -0.39 is 0 Å². The normalized spacial score (nSPS) is 16.0. The molecule has 0 aliphatic heterocycles. The van der Waals surface area contributed by atoms with E-state index in [9.17, 15) is 0 Å². The Morgan fingerprint density at radius 1 is 1.19 bits per heavy atom. The second-order valence-electron chi connectivity index (χ2n) is 4.13. The van der Waals surface area contributed by atoms with Crippen LogP contribution in [0.15, 0.2) is 0 Å². The lowest BCUT2D eigenvalue weighted by Gasteiger charge is -2.21. The van der Waals surface area contributed by atoms with Crippen molar-refractivity contribution in [3.05, 3.63) is 0 Å². The van der Waals surface area contributed by atoms with Gasteiger partial charge in [0.15, 0.2) is 11.9 Å². The number of guanidine groups is 2. The summed E-state index contributed by atoms with van der Waals surface area (Å²) in [6.45, 7) is 0.795. The van der Waals surface area contributed by atoms with Gasteiger partial charge < -0.3 is 11.1 Å². The highest BCUT2D eigenvalue weighted by molar-refractivity contribution is 5.94. The highest BCUT2D eigenvalue weighted by Crippen LogP contribution is 2.25. The fourth-order valence-electron chi connectivity index (χ4n) is 2.06. The molecule has 1 aliphatic carbocycles. The number of rotatable bonds is 3. The van der Waals surface area contributed by atoms with Crippen LogP contribution in [-0.2, 0) is 0 Å². The van der Waals surface area contributed by atoms with Crippen LogP contribution >= 0.6 is 12.4 Å². The van der Waals surface area contributed by atoms with E-state index in [4.69, 9.17) is 16.6 Å². The Balaban J connectivity index is 0.00000225. The molecule has 0 aromatic carbocycles. The molecule has 5 nitrogen and oxygen atoms in total. The Morgan fingerprint density at radius 2 is 1.81 bits per heavy atom. The molecule has 6 N–H and O–H groups in total. The van der Waals surface area contributed by atoms with Gasteiger partial charge in [-0.1, -0.05) is 32.1 Å². The van der Waals surface area contributed by atoms with Crippen molar-refractivity contribution < 1.29 is 0 Å². The van der Waals surface area contributed by atoms with Crippen LogP contribution in [-0.4, -0.2) is 18.5 Å². The molecule has 16 heavy (non-hydrogen) atoms. The fraction of sp³-hybridized carbons (Fsp3) is 0.800. The molecule has 0 saturated heterocycles. The zero-order valence-corrected chi connectivity index (χ0v) is 10.3. The first-order chi connectivity index (χ1) is 7.18. The van der Waals surface area contributed by atoms with E-state index in [1.807, 2.05) is 0 Å². The molecular weight excluding hydrogens is 226 g/mol. The molecule has 0 amide bonds. The van der Waals surface area contributed by atoms with E-state index in [1.165, 1.54) is 32.1 Å². The topological polar surface area (TPSA) is 97.8 Å². The maximum atomic E-state index is 7.39. The quantitative estimate of drug-likeness (QED) is 0.385. The molecule has 0 radical (unpaired) electrons. The van der Waals surface area contributed by atoms with Crippen LogP contribution in [0.25, 0.3) is 0 Å². The van der Waals surface area contributed by atoms with Crippen LogP contribution in [0, 0.1) is 16.7 Å². The number of nitrogens with one attached hydrogen (secondary N) is 4. The summed E-state index contributed by atoms with van der Waals surface area (Å²) in [7, 11) is 0. The van der Waals surface area contributed by atoms with Gasteiger partial charge in [-0.25, -0.2) is 0 Å². The van der Waals surface area contributed by atoms with Gasteiger partial charge in [-0.05, 0) is 12.3 Å². The largest absolute Gasteiger partial charge is 0.370 e. The average molecular weight is 248 g/mol. The Morgan fingerprint density at radius 3 is 2.38 bits per heavy atom. The monoisotopic (exact) mass is 247 g/mol. The van der Waals surface area contributed by atoms with Gasteiger partial charge in [0.25, 0.3) is 0 Å². The van der Waals surface area contributed by atoms with Crippen molar-refractivity contribution in [3.8, 4) is 0 Å². The maximum Gasteiger partial charge on any atom is 0.195 e. The minimum atomic E-state index is -0.190. The zero-order valence-electron chi connectivity index (χ0n) is 9.51. The van der Waals surface area contributed by atoms with Crippen molar-refractivity contribution in [1.82, 2.24) is 10.6 Å². The summed E-state index contributed by atoms with van der Waals surface area (Å²) in [6, 6.07) is 0. The first kappa shape index (κ1) is 15.0. The minimum absolute atomic E-state index is 0. The van der Waals surface area contributed by atoms with Crippen molar-refractivity contribution in [3.63, 3.8) is 0 Å². The van der Waals surface area contributed by atoms with E-state index in [0.29, 0.717) is 0 Å². The van der Waals surface area contributed by atoms with Crippen molar-refractivity contribution in [2.24, 2.45) is 11.7 Å². The minimum Gasteiger partial charge on any atom is -0.370 e. The molecule has 6 heteroatoms. The summed E-state index contributed by atoms with van der Waals surface area (Å²) in [5.41, 5.74) is 5.10. The van der Waals surface area contributed by atoms with Crippen molar-refractivity contribution in [1.29, 1.82) is 10.8 Å². The van der Waals surface area contributed by atoms with E-state index in [0.717, 1.165) is 18.9 Å². The van der Waals surface area contributed by atoms with Gasteiger partial charge in [0.05, 0.1) is 0 Å². The van der Waals surface area contributed by atoms with Crippen LogP contribution in [0.4, 0.5) is 0 Å². The van der Waals surface area contributed by atoms with Gasteiger partial charge in [-0.3, -0.25) is 16.1 Å². The molecule has 0 aromatic rings. The smallest absolute Gasteiger partial charge is 0.195 e. The standard InChI is InChI=1S/C10H21N5.ClH/c11-9(12)15-10(13)14-7-6-8-4-2-1-3-5-8;/h8H,1-7H2,(H6,11,12,13,14,15);1H. The van der Waals surface area contributed by atoms with E-state index in [-0.39, 0.29) is 24.3 Å². The second-order valence-corrected chi connectivity index (χ2v) is 4.13. The van der Waals surface area contributed by atoms with Gasteiger partial charge in [0.2, 0.25) is 0 Å². The van der Waals surface area contributed by atoms with Crippen LogP contribution < -0.4 is 16.4 Å². The Labute approximate surface area is 103 Å². The third-order valence-corrected chi connectivity index (χ3v) is 2.84. The lowest BCUT2D eigenvalue weighted by atomic mass is 9.87. The van der Waals surface area contributed by atoms with Gasteiger partial charge in [0, 0.05) is 6.54 Å². The summed E-state index contributed by atoms with van der Waals surface area (Å²) >= 11 is 0. The highest BCUT2D eigenvalue weighted by atomic mass is 35.5. The maximum absolute atomic E-state index is 7.39. The second kappa shape index (κ2) is 8.21. The van der Waals surface area contributed by atoms with Gasteiger partial charge in [0.1, 0.15) is 0 Å². The lowest BCUT2D eigenvalue weighted by Crippen LogP contribution is -2.43. The molecule has 0 unspecified atom stereocenters. The van der Waals surface area contributed by atoms with Gasteiger partial charge in [-0.15, -0.1) is 12.4 Å². The molecule has 0 atom stereocenters. The summed E-state index contributed by atoms with van der Waals surface area (Å²) in [4.78, 5) is 0. The Kier molecular flexibility index (Phi) is 7.72. The zero-order chi connectivity index (χ0) is 11.1. The lowest BCUT2D eigenvalue weighted by molar-refractivity contribution is 0.339. The number of hydrogen-bond acceptors (Lipinski definition) is 2. The predicted octanol–water partition coefficient (Wildman–Crippen LogP) is 1.39. The van der Waals surface area contributed by atoms with Gasteiger partial charge in [-0.2, -0.15) is 0 Å². The molecule has 0 bridgehead atoms. The highest BCUT2D eigenvalue weighted by Gasteiger charge is 2.12. The predicted molar refractivity (Wildman–Crippen MR) is 69.2 cm³/mol. The third-order valence-electron chi connectivity index (χ3n) is 2.84. The summed E-state index contributed by atoms with van der Waals surface area (Å²) < 4.78 is 0. The van der Waals surface area contributed by atoms with E-state index >= 15 is 0 Å². The third kappa shape index (κ3) is 6.50. The van der Waals surface area contributed by atoms with E-state index in [2.05, 4.69) is 10.6 Å². The number of halogens is 1. The fourth-order valence-corrected chi connectivity index (χ4v) is 2.06. The van der Waals surface area contributed by atoms with Crippen molar-refractivity contribution in [2.75, 3.05) is 6.54 Å². The molecule has 1 fully saturated rings. The molecule has 1 saturated carbocycles. The molecular formula is C10H22ClN5. The SMILES string of the molecule is Cl.N=C(N)NC(=N)NCCC1CCCCC1. The number of hydrogen-bond donors (Lipinski definition) is 5. The Bertz CT molecular complexity index is 225. The molecule has 0 aromatic heterocycles. The van der Waals surface area contributed by atoms with Gasteiger partial charge >= 0.3 is 0 Å². The first-order valence-electron chi connectivity index (χ1n) is 5.62. The molecule has 0 spiro atoms. The summed E-state index contributed by atoms with van der Waals surface area (Å²) in [5, 5.41) is 19.7.